The molecular weight excluding hydrogens is 268 g/mol. The smallest absolute Gasteiger partial charge is 0.311 e. The Hall–Kier alpha value is -1.43. The van der Waals surface area contributed by atoms with Gasteiger partial charge in [0.05, 0.1) is 25.8 Å². The quantitative estimate of drug-likeness (QED) is 0.778. The number of aromatic nitrogens is 1. The summed E-state index contributed by atoms with van der Waals surface area (Å²) in [6.07, 6.45) is -3.04. The topological polar surface area (TPSA) is 48.4 Å². The van der Waals surface area contributed by atoms with Gasteiger partial charge in [-0.2, -0.15) is 0 Å². The standard InChI is InChI=1S/C11H12ClF2NO3/c1-3-18-9(16)5-6-10(12)8(17-2)4-7(15-6)11(13)14/h4,11H,3,5H2,1-2H3. The monoisotopic (exact) mass is 279 g/mol. The van der Waals surface area contributed by atoms with Crippen LogP contribution in [0.4, 0.5) is 8.78 Å². The molecule has 0 radical (unpaired) electrons. The first kappa shape index (κ1) is 14.6. The van der Waals surface area contributed by atoms with Crippen LogP contribution in [0.1, 0.15) is 24.7 Å². The molecule has 0 spiro atoms. The highest BCUT2D eigenvalue weighted by Gasteiger charge is 2.19. The predicted molar refractivity (Wildman–Crippen MR) is 61.1 cm³/mol. The molecule has 100 valence electrons. The van der Waals surface area contributed by atoms with E-state index in [9.17, 15) is 13.6 Å². The number of alkyl halides is 2. The molecule has 1 rings (SSSR count). The lowest BCUT2D eigenvalue weighted by Gasteiger charge is -2.10. The van der Waals surface area contributed by atoms with Crippen LogP contribution in [0, 0.1) is 0 Å². The molecular formula is C11H12ClF2NO3. The second-order valence-corrected chi connectivity index (χ2v) is 3.67. The molecule has 7 heteroatoms. The number of carbonyl (C=O) groups is 1. The maximum atomic E-state index is 12.6. The van der Waals surface area contributed by atoms with Crippen molar-refractivity contribution in [3.63, 3.8) is 0 Å². The van der Waals surface area contributed by atoms with Gasteiger partial charge in [-0.1, -0.05) is 11.6 Å². The minimum atomic E-state index is -2.77. The molecule has 0 unspecified atom stereocenters. The number of ether oxygens (including phenoxy) is 2. The molecule has 0 saturated carbocycles. The number of hydrogen-bond donors (Lipinski definition) is 0. The Bertz CT molecular complexity index is 441. The van der Waals surface area contributed by atoms with Gasteiger partial charge in [0.15, 0.2) is 0 Å². The maximum Gasteiger partial charge on any atom is 0.311 e. The Kier molecular flexibility index (Phi) is 5.27. The summed E-state index contributed by atoms with van der Waals surface area (Å²) in [5, 5.41) is 0.0370. The van der Waals surface area contributed by atoms with Crippen molar-refractivity contribution in [3.05, 3.63) is 22.5 Å². The van der Waals surface area contributed by atoms with Crippen molar-refractivity contribution >= 4 is 17.6 Å². The molecule has 0 aliphatic rings. The zero-order valence-electron chi connectivity index (χ0n) is 9.87. The highest BCUT2D eigenvalue weighted by atomic mass is 35.5. The number of nitrogens with zero attached hydrogens (tertiary/aromatic N) is 1. The molecule has 0 aliphatic heterocycles. The highest BCUT2D eigenvalue weighted by molar-refractivity contribution is 6.32. The van der Waals surface area contributed by atoms with Gasteiger partial charge in [-0.3, -0.25) is 4.79 Å². The molecule has 4 nitrogen and oxygen atoms in total. The van der Waals surface area contributed by atoms with Crippen LogP contribution in [0.5, 0.6) is 5.75 Å². The van der Waals surface area contributed by atoms with Gasteiger partial charge in [0.2, 0.25) is 0 Å². The molecule has 0 aromatic carbocycles. The Labute approximate surface area is 108 Å². The van der Waals surface area contributed by atoms with Crippen LogP contribution in [-0.2, 0) is 16.0 Å². The largest absolute Gasteiger partial charge is 0.495 e. The minimum Gasteiger partial charge on any atom is -0.495 e. The molecule has 0 aliphatic carbocycles. The molecule has 18 heavy (non-hydrogen) atoms. The van der Waals surface area contributed by atoms with Crippen molar-refractivity contribution in [2.75, 3.05) is 13.7 Å². The number of rotatable bonds is 5. The van der Waals surface area contributed by atoms with E-state index in [2.05, 4.69) is 4.98 Å². The predicted octanol–water partition coefficient (Wildman–Crippen LogP) is 2.79. The number of pyridine rings is 1. The maximum absolute atomic E-state index is 12.6. The highest BCUT2D eigenvalue weighted by Crippen LogP contribution is 2.31. The van der Waals surface area contributed by atoms with Gasteiger partial charge < -0.3 is 9.47 Å². The Morgan fingerprint density at radius 1 is 1.56 bits per heavy atom. The normalized spacial score (nSPS) is 10.6. The van der Waals surface area contributed by atoms with Crippen LogP contribution in [0.15, 0.2) is 6.07 Å². The summed E-state index contributed by atoms with van der Waals surface area (Å²) in [5.74, 6) is -0.526. The van der Waals surface area contributed by atoms with Gasteiger partial charge in [0, 0.05) is 6.07 Å². The first-order valence-corrected chi connectivity index (χ1v) is 5.54. The molecule has 0 atom stereocenters. The summed E-state index contributed by atoms with van der Waals surface area (Å²) in [4.78, 5) is 14.9. The van der Waals surface area contributed by atoms with Gasteiger partial charge in [-0.25, -0.2) is 13.8 Å². The summed E-state index contributed by atoms with van der Waals surface area (Å²) in [7, 11) is 1.30. The van der Waals surface area contributed by atoms with E-state index in [1.54, 1.807) is 6.92 Å². The van der Waals surface area contributed by atoms with Gasteiger partial charge >= 0.3 is 5.97 Å². The summed E-state index contributed by atoms with van der Waals surface area (Å²) in [6.45, 7) is 1.84. The van der Waals surface area contributed by atoms with E-state index in [1.165, 1.54) is 7.11 Å². The van der Waals surface area contributed by atoms with Gasteiger partial charge in [0.1, 0.15) is 16.5 Å². The molecule has 1 aromatic rings. The fraction of sp³-hybridized carbons (Fsp3) is 0.455. The van der Waals surface area contributed by atoms with Crippen LogP contribution in [0.2, 0.25) is 5.02 Å². The number of carbonyl (C=O) groups excluding carboxylic acids is 1. The summed E-state index contributed by atoms with van der Waals surface area (Å²) in [6, 6.07) is 1.04. The van der Waals surface area contributed by atoms with Crippen molar-refractivity contribution in [1.29, 1.82) is 0 Å². The molecule has 0 bridgehead atoms. The number of methoxy groups -OCH3 is 1. The first-order valence-electron chi connectivity index (χ1n) is 5.16. The zero-order valence-corrected chi connectivity index (χ0v) is 10.6. The lowest BCUT2D eigenvalue weighted by molar-refractivity contribution is -0.142. The molecule has 0 saturated heterocycles. The summed E-state index contributed by atoms with van der Waals surface area (Å²) >= 11 is 5.89. The number of hydrogen-bond acceptors (Lipinski definition) is 4. The lowest BCUT2D eigenvalue weighted by Crippen LogP contribution is -2.10. The number of halogens is 3. The number of esters is 1. The molecule has 0 fully saturated rings. The fourth-order valence-corrected chi connectivity index (χ4v) is 1.54. The van der Waals surface area contributed by atoms with Gasteiger partial charge in [0.25, 0.3) is 6.43 Å². The third-order valence-electron chi connectivity index (χ3n) is 2.07. The Morgan fingerprint density at radius 2 is 2.22 bits per heavy atom. The van der Waals surface area contributed by atoms with Crippen molar-refractivity contribution in [3.8, 4) is 5.75 Å². The van der Waals surface area contributed by atoms with E-state index in [0.29, 0.717) is 0 Å². The van der Waals surface area contributed by atoms with Crippen LogP contribution >= 0.6 is 11.6 Å². The lowest BCUT2D eigenvalue weighted by atomic mass is 10.2. The van der Waals surface area contributed by atoms with Crippen molar-refractivity contribution in [1.82, 2.24) is 4.98 Å². The fourth-order valence-electron chi connectivity index (χ4n) is 1.30. The van der Waals surface area contributed by atoms with Crippen LogP contribution in [-0.4, -0.2) is 24.7 Å². The molecule has 0 N–H and O–H groups in total. The van der Waals surface area contributed by atoms with E-state index in [-0.39, 0.29) is 29.5 Å². The van der Waals surface area contributed by atoms with E-state index in [1.807, 2.05) is 0 Å². The van der Waals surface area contributed by atoms with Crippen molar-refractivity contribution in [2.24, 2.45) is 0 Å². The molecule has 1 heterocycles. The molecule has 1 aromatic heterocycles. The average molecular weight is 280 g/mol. The summed E-state index contributed by atoms with van der Waals surface area (Å²) in [5.41, 5.74) is -0.472. The SMILES string of the molecule is CCOC(=O)Cc1nc(C(F)F)cc(OC)c1Cl. The van der Waals surface area contributed by atoms with Crippen LogP contribution in [0.25, 0.3) is 0 Å². The van der Waals surface area contributed by atoms with E-state index < -0.39 is 18.1 Å². The zero-order chi connectivity index (χ0) is 13.7. The Morgan fingerprint density at radius 3 is 2.72 bits per heavy atom. The van der Waals surface area contributed by atoms with Crippen LogP contribution < -0.4 is 4.74 Å². The molecule has 0 amide bonds. The van der Waals surface area contributed by atoms with Crippen molar-refractivity contribution < 1.29 is 23.0 Å². The minimum absolute atomic E-state index is 0.0183. The average Bonchev–Trinajstić information content (AvgIpc) is 2.31. The summed E-state index contributed by atoms with van der Waals surface area (Å²) < 4.78 is 34.8. The second-order valence-electron chi connectivity index (χ2n) is 3.29. The first-order chi connectivity index (χ1) is 8.49. The Balaban J connectivity index is 3.08. The van der Waals surface area contributed by atoms with E-state index in [4.69, 9.17) is 21.1 Å². The van der Waals surface area contributed by atoms with E-state index >= 15 is 0 Å². The van der Waals surface area contributed by atoms with Crippen molar-refractivity contribution in [2.45, 2.75) is 19.8 Å². The third-order valence-corrected chi connectivity index (χ3v) is 2.48. The van der Waals surface area contributed by atoms with E-state index in [0.717, 1.165) is 6.07 Å². The second kappa shape index (κ2) is 6.49. The van der Waals surface area contributed by atoms with Gasteiger partial charge in [-0.05, 0) is 6.92 Å². The van der Waals surface area contributed by atoms with Crippen LogP contribution in [0.3, 0.4) is 0 Å². The van der Waals surface area contributed by atoms with Gasteiger partial charge in [-0.15, -0.1) is 0 Å². The third kappa shape index (κ3) is 3.53.